The quantitative estimate of drug-likeness (QED) is 0.246. The summed E-state index contributed by atoms with van der Waals surface area (Å²) in [7, 11) is 4.78. The lowest BCUT2D eigenvalue weighted by Gasteiger charge is -2.14. The van der Waals surface area contributed by atoms with Gasteiger partial charge in [-0.3, -0.25) is 0 Å². The second kappa shape index (κ2) is 13.8. The number of guanidine groups is 1. The molecule has 0 bridgehead atoms. The number of methoxy groups -OCH3 is 3. The summed E-state index contributed by atoms with van der Waals surface area (Å²) >= 11 is 0. The Morgan fingerprint density at radius 3 is 2.23 bits per heavy atom. The van der Waals surface area contributed by atoms with Crippen LogP contribution in [0.25, 0.3) is 0 Å². The molecule has 0 spiro atoms. The van der Waals surface area contributed by atoms with Gasteiger partial charge in [-0.05, 0) is 36.8 Å². The SMILES string of the molecule is CCNC(=NCc1ccc(OCCO)c(OC)c1)Nc1ccc(OC)c(OC)c1.I. The van der Waals surface area contributed by atoms with Gasteiger partial charge in [0.1, 0.15) is 6.61 Å². The van der Waals surface area contributed by atoms with Crippen molar-refractivity contribution in [1.29, 1.82) is 0 Å². The van der Waals surface area contributed by atoms with Crippen molar-refractivity contribution in [3.63, 3.8) is 0 Å². The Morgan fingerprint density at radius 2 is 1.60 bits per heavy atom. The molecule has 30 heavy (non-hydrogen) atoms. The van der Waals surface area contributed by atoms with Crippen molar-refractivity contribution >= 4 is 35.6 Å². The maximum Gasteiger partial charge on any atom is 0.196 e. The predicted molar refractivity (Wildman–Crippen MR) is 129 cm³/mol. The molecule has 0 aliphatic rings. The molecule has 0 aliphatic heterocycles. The zero-order valence-corrected chi connectivity index (χ0v) is 20.1. The fourth-order valence-corrected chi connectivity index (χ4v) is 2.61. The first-order valence-corrected chi connectivity index (χ1v) is 9.33. The van der Waals surface area contributed by atoms with Crippen LogP contribution in [0.1, 0.15) is 12.5 Å². The molecular formula is C21H30IN3O5. The van der Waals surface area contributed by atoms with Crippen molar-refractivity contribution in [3.8, 4) is 23.0 Å². The van der Waals surface area contributed by atoms with E-state index < -0.39 is 0 Å². The van der Waals surface area contributed by atoms with Crippen LogP contribution < -0.4 is 29.6 Å². The molecule has 8 nitrogen and oxygen atoms in total. The maximum atomic E-state index is 8.91. The number of anilines is 1. The summed E-state index contributed by atoms with van der Waals surface area (Å²) in [4.78, 5) is 4.63. The van der Waals surface area contributed by atoms with Crippen LogP contribution in [0.15, 0.2) is 41.4 Å². The molecule has 2 rings (SSSR count). The van der Waals surface area contributed by atoms with E-state index in [4.69, 9.17) is 24.1 Å². The first-order chi connectivity index (χ1) is 14.1. The highest BCUT2D eigenvalue weighted by molar-refractivity contribution is 14.0. The van der Waals surface area contributed by atoms with Gasteiger partial charge in [0, 0.05) is 18.3 Å². The summed E-state index contributed by atoms with van der Waals surface area (Å²) in [5.41, 5.74) is 1.79. The highest BCUT2D eigenvalue weighted by Gasteiger charge is 2.08. The number of nitrogens with zero attached hydrogens (tertiary/aromatic N) is 1. The number of benzene rings is 2. The zero-order chi connectivity index (χ0) is 21.1. The standard InChI is InChI=1S/C21H29N3O5.HI/c1-5-22-21(24-16-7-9-17(26-2)20(13-16)28-4)23-14-15-6-8-18(29-11-10-25)19(12-15)27-3;/h6-9,12-13,25H,5,10-11,14H2,1-4H3,(H2,22,23,24);1H. The Bertz CT molecular complexity index is 817. The van der Waals surface area contributed by atoms with E-state index in [0.717, 1.165) is 17.8 Å². The van der Waals surface area contributed by atoms with Crippen LogP contribution in [0.3, 0.4) is 0 Å². The number of aliphatic imine (C=N–C) groups is 1. The number of rotatable bonds is 10. The molecule has 9 heteroatoms. The molecule has 166 valence electrons. The number of aliphatic hydroxyl groups is 1. The third-order valence-corrected chi connectivity index (χ3v) is 3.99. The summed E-state index contributed by atoms with van der Waals surface area (Å²) in [5, 5.41) is 15.4. The van der Waals surface area contributed by atoms with E-state index in [2.05, 4.69) is 15.6 Å². The van der Waals surface area contributed by atoms with Gasteiger partial charge in [0.2, 0.25) is 0 Å². The minimum absolute atomic E-state index is 0. The summed E-state index contributed by atoms with van der Waals surface area (Å²) in [6, 6.07) is 11.2. The molecule has 0 amide bonds. The van der Waals surface area contributed by atoms with Crippen molar-refractivity contribution in [2.45, 2.75) is 13.5 Å². The van der Waals surface area contributed by atoms with Crippen molar-refractivity contribution in [2.75, 3.05) is 46.4 Å². The number of nitrogens with one attached hydrogen (secondary N) is 2. The number of ether oxygens (including phenoxy) is 4. The second-order valence-corrected chi connectivity index (χ2v) is 5.95. The Kier molecular flexibility index (Phi) is 11.8. The third kappa shape index (κ3) is 7.45. The molecule has 2 aromatic rings. The normalized spacial score (nSPS) is 10.6. The van der Waals surface area contributed by atoms with Gasteiger partial charge in [0.25, 0.3) is 0 Å². The van der Waals surface area contributed by atoms with Gasteiger partial charge < -0.3 is 34.7 Å². The van der Waals surface area contributed by atoms with Crippen LogP contribution in [-0.2, 0) is 6.54 Å². The summed E-state index contributed by atoms with van der Waals surface area (Å²) in [5.74, 6) is 3.13. The number of halogens is 1. The molecule has 0 atom stereocenters. The molecule has 0 unspecified atom stereocenters. The van der Waals surface area contributed by atoms with Gasteiger partial charge in [-0.15, -0.1) is 24.0 Å². The van der Waals surface area contributed by atoms with Crippen LogP contribution in [0.4, 0.5) is 5.69 Å². The van der Waals surface area contributed by atoms with Crippen LogP contribution in [0, 0.1) is 0 Å². The minimum Gasteiger partial charge on any atom is -0.493 e. The summed E-state index contributed by atoms with van der Waals surface area (Å²) in [6.45, 7) is 3.33. The molecule has 2 aromatic carbocycles. The van der Waals surface area contributed by atoms with Crippen molar-refractivity contribution in [2.24, 2.45) is 4.99 Å². The monoisotopic (exact) mass is 531 g/mol. The molecule has 0 aromatic heterocycles. The molecule has 0 saturated carbocycles. The highest BCUT2D eigenvalue weighted by Crippen LogP contribution is 2.30. The van der Waals surface area contributed by atoms with Crippen LogP contribution in [-0.4, -0.2) is 52.2 Å². The number of hydrogen-bond acceptors (Lipinski definition) is 6. The summed E-state index contributed by atoms with van der Waals surface area (Å²) in [6.07, 6.45) is 0. The van der Waals surface area contributed by atoms with E-state index in [1.165, 1.54) is 0 Å². The first-order valence-electron chi connectivity index (χ1n) is 9.33. The Morgan fingerprint density at radius 1 is 0.933 bits per heavy atom. The molecule has 0 fully saturated rings. The molecule has 0 heterocycles. The lowest BCUT2D eigenvalue weighted by molar-refractivity contribution is 0.196. The number of hydrogen-bond donors (Lipinski definition) is 3. The lowest BCUT2D eigenvalue weighted by Crippen LogP contribution is -2.30. The van der Waals surface area contributed by atoms with Crippen LogP contribution in [0.5, 0.6) is 23.0 Å². The van der Waals surface area contributed by atoms with E-state index in [1.807, 2.05) is 43.3 Å². The fraction of sp³-hybridized carbons (Fsp3) is 0.381. The Balaban J connectivity index is 0.00000450. The van der Waals surface area contributed by atoms with Gasteiger partial charge in [0.15, 0.2) is 29.0 Å². The summed E-state index contributed by atoms with van der Waals surface area (Å²) < 4.78 is 21.4. The Hall–Kier alpha value is -2.40. The first kappa shape index (κ1) is 25.6. The zero-order valence-electron chi connectivity index (χ0n) is 17.7. The van der Waals surface area contributed by atoms with E-state index in [1.54, 1.807) is 21.3 Å². The van der Waals surface area contributed by atoms with Gasteiger partial charge >= 0.3 is 0 Å². The van der Waals surface area contributed by atoms with E-state index in [9.17, 15) is 0 Å². The predicted octanol–water partition coefficient (Wildman–Crippen LogP) is 3.28. The Labute approximate surface area is 194 Å². The van der Waals surface area contributed by atoms with Crippen molar-refractivity contribution in [3.05, 3.63) is 42.0 Å². The van der Waals surface area contributed by atoms with Crippen LogP contribution >= 0.6 is 24.0 Å². The maximum absolute atomic E-state index is 8.91. The molecule has 0 saturated heterocycles. The molecule has 0 radical (unpaired) electrons. The largest absolute Gasteiger partial charge is 0.493 e. The van der Waals surface area contributed by atoms with Crippen molar-refractivity contribution in [1.82, 2.24) is 5.32 Å². The topological polar surface area (TPSA) is 93.6 Å². The van der Waals surface area contributed by atoms with Gasteiger partial charge in [-0.2, -0.15) is 0 Å². The van der Waals surface area contributed by atoms with Crippen molar-refractivity contribution < 1.29 is 24.1 Å². The van der Waals surface area contributed by atoms with E-state index >= 15 is 0 Å². The second-order valence-electron chi connectivity index (χ2n) is 5.95. The average Bonchev–Trinajstić information content (AvgIpc) is 2.76. The van der Waals surface area contributed by atoms with Gasteiger partial charge in [0.05, 0.1) is 34.5 Å². The molecular weight excluding hydrogens is 501 g/mol. The van der Waals surface area contributed by atoms with Crippen LogP contribution in [0.2, 0.25) is 0 Å². The number of aliphatic hydroxyl groups excluding tert-OH is 1. The minimum atomic E-state index is -0.0525. The van der Waals surface area contributed by atoms with E-state index in [-0.39, 0.29) is 37.2 Å². The van der Waals surface area contributed by atoms with Gasteiger partial charge in [-0.25, -0.2) is 4.99 Å². The smallest absolute Gasteiger partial charge is 0.196 e. The molecule has 3 N–H and O–H groups in total. The van der Waals surface area contributed by atoms with Gasteiger partial charge in [-0.1, -0.05) is 6.07 Å². The average molecular weight is 531 g/mol. The fourth-order valence-electron chi connectivity index (χ4n) is 2.61. The lowest BCUT2D eigenvalue weighted by atomic mass is 10.2. The third-order valence-electron chi connectivity index (χ3n) is 3.99. The molecule has 0 aliphatic carbocycles. The van der Waals surface area contributed by atoms with E-state index in [0.29, 0.717) is 35.5 Å². The highest BCUT2D eigenvalue weighted by atomic mass is 127.